The summed E-state index contributed by atoms with van der Waals surface area (Å²) >= 11 is 3.39. The summed E-state index contributed by atoms with van der Waals surface area (Å²) in [5.74, 6) is -1.07. The van der Waals surface area contributed by atoms with Crippen LogP contribution in [-0.2, 0) is 9.59 Å². The molecule has 0 unspecified atom stereocenters. The summed E-state index contributed by atoms with van der Waals surface area (Å²) in [6.45, 7) is 2.86. The number of hydrogen-bond acceptors (Lipinski definition) is 3. The van der Waals surface area contributed by atoms with Crippen molar-refractivity contribution >= 4 is 39.6 Å². The molecule has 0 saturated carbocycles. The number of hydrogen-bond donors (Lipinski definition) is 2. The van der Waals surface area contributed by atoms with Crippen LogP contribution in [0.25, 0.3) is 6.08 Å². The minimum absolute atomic E-state index is 0.0625. The van der Waals surface area contributed by atoms with Gasteiger partial charge in [0.05, 0.1) is 6.54 Å². The lowest BCUT2D eigenvalue weighted by molar-refractivity contribution is -0.131. The summed E-state index contributed by atoms with van der Waals surface area (Å²) in [4.78, 5) is 24.2. The van der Waals surface area contributed by atoms with Gasteiger partial charge >= 0.3 is 5.97 Å². The van der Waals surface area contributed by atoms with Crippen molar-refractivity contribution in [2.24, 2.45) is 0 Å². The Morgan fingerprint density at radius 3 is 2.76 bits per heavy atom. The third-order valence-electron chi connectivity index (χ3n) is 2.76. The number of amides is 1. The van der Waals surface area contributed by atoms with Crippen molar-refractivity contribution in [1.82, 2.24) is 5.32 Å². The predicted molar refractivity (Wildman–Crippen MR) is 87.4 cm³/mol. The monoisotopic (exact) mass is 354 g/mol. The molecule has 0 atom stereocenters. The van der Waals surface area contributed by atoms with E-state index in [2.05, 4.69) is 21.2 Å². The molecule has 0 aliphatic rings. The van der Waals surface area contributed by atoms with E-state index >= 15 is 0 Å². The number of aliphatic carboxylic acids is 1. The number of carbonyl (C=O) groups is 2. The largest absolute Gasteiger partial charge is 0.478 e. The number of rotatable bonds is 7. The first-order valence-electron chi connectivity index (χ1n) is 6.62. The van der Waals surface area contributed by atoms with Crippen LogP contribution in [0.15, 0.2) is 28.7 Å². The van der Waals surface area contributed by atoms with Gasteiger partial charge in [0.2, 0.25) is 5.91 Å². The Balaban J connectivity index is 2.91. The zero-order chi connectivity index (χ0) is 15.8. The average Bonchev–Trinajstić information content (AvgIpc) is 2.43. The fourth-order valence-electron chi connectivity index (χ4n) is 1.77. The number of benzene rings is 1. The van der Waals surface area contributed by atoms with Gasteiger partial charge in [0.1, 0.15) is 0 Å². The minimum atomic E-state index is -1.01. The molecule has 2 N–H and O–H groups in total. The molecule has 0 bridgehead atoms. The molecule has 5 nitrogen and oxygen atoms in total. The van der Waals surface area contributed by atoms with E-state index in [1.807, 2.05) is 19.1 Å². The molecule has 21 heavy (non-hydrogen) atoms. The lowest BCUT2D eigenvalue weighted by Gasteiger charge is -2.21. The van der Waals surface area contributed by atoms with Crippen molar-refractivity contribution in [1.29, 1.82) is 0 Å². The van der Waals surface area contributed by atoms with Gasteiger partial charge in [-0.1, -0.05) is 28.9 Å². The fourth-order valence-corrected chi connectivity index (χ4v) is 2.12. The lowest BCUT2D eigenvalue weighted by Crippen LogP contribution is -2.35. The van der Waals surface area contributed by atoms with Crippen LogP contribution in [0.3, 0.4) is 0 Å². The maximum Gasteiger partial charge on any atom is 0.328 e. The van der Waals surface area contributed by atoms with Crippen molar-refractivity contribution in [3.05, 3.63) is 34.3 Å². The first-order chi connectivity index (χ1) is 9.93. The van der Waals surface area contributed by atoms with E-state index in [9.17, 15) is 9.59 Å². The standard InChI is InChI=1S/C15H19BrN2O3/c1-3-8-17-14(19)10-18(2)13-9-12(16)6-4-11(13)5-7-15(20)21/h4-7,9H,3,8,10H2,1-2H3,(H,17,19)(H,20,21). The Kier molecular flexibility index (Phi) is 6.94. The van der Waals surface area contributed by atoms with Gasteiger partial charge in [0.25, 0.3) is 0 Å². The van der Waals surface area contributed by atoms with Crippen LogP contribution in [0.2, 0.25) is 0 Å². The van der Waals surface area contributed by atoms with Crippen molar-refractivity contribution in [2.45, 2.75) is 13.3 Å². The summed E-state index contributed by atoms with van der Waals surface area (Å²) in [6.07, 6.45) is 3.49. The second kappa shape index (κ2) is 8.46. The van der Waals surface area contributed by atoms with Gasteiger partial charge in [-0.25, -0.2) is 4.79 Å². The van der Waals surface area contributed by atoms with Crippen LogP contribution in [0.5, 0.6) is 0 Å². The third kappa shape index (κ3) is 5.99. The van der Waals surface area contributed by atoms with E-state index < -0.39 is 5.97 Å². The summed E-state index contributed by atoms with van der Waals surface area (Å²) in [5.41, 5.74) is 1.53. The van der Waals surface area contributed by atoms with Crippen LogP contribution in [0.4, 0.5) is 5.69 Å². The third-order valence-corrected chi connectivity index (χ3v) is 3.26. The van der Waals surface area contributed by atoms with Gasteiger partial charge in [-0.2, -0.15) is 0 Å². The molecule has 1 aromatic rings. The normalized spacial score (nSPS) is 10.6. The predicted octanol–water partition coefficient (Wildman–Crippen LogP) is 2.51. The molecule has 114 valence electrons. The fraction of sp³-hybridized carbons (Fsp3) is 0.333. The number of halogens is 1. The van der Waals surface area contributed by atoms with E-state index in [0.717, 1.165) is 28.2 Å². The lowest BCUT2D eigenvalue weighted by atomic mass is 10.1. The maximum atomic E-state index is 11.8. The second-order valence-electron chi connectivity index (χ2n) is 4.58. The van der Waals surface area contributed by atoms with Gasteiger partial charge < -0.3 is 15.3 Å². The maximum absolute atomic E-state index is 11.8. The summed E-state index contributed by atoms with van der Waals surface area (Å²) in [6, 6.07) is 5.49. The van der Waals surface area contributed by atoms with Crippen molar-refractivity contribution in [3.8, 4) is 0 Å². The van der Waals surface area contributed by atoms with Gasteiger partial charge in [-0.15, -0.1) is 0 Å². The van der Waals surface area contributed by atoms with Gasteiger partial charge in [0.15, 0.2) is 0 Å². The smallest absolute Gasteiger partial charge is 0.328 e. The molecule has 0 radical (unpaired) electrons. The molecule has 0 aliphatic heterocycles. The Morgan fingerprint density at radius 2 is 2.14 bits per heavy atom. The highest BCUT2D eigenvalue weighted by Crippen LogP contribution is 2.25. The Labute approximate surface area is 132 Å². The highest BCUT2D eigenvalue weighted by Gasteiger charge is 2.10. The molecule has 1 aromatic carbocycles. The van der Waals surface area contributed by atoms with Crippen molar-refractivity contribution in [3.63, 3.8) is 0 Å². The topological polar surface area (TPSA) is 69.6 Å². The van der Waals surface area contributed by atoms with Crippen LogP contribution in [0.1, 0.15) is 18.9 Å². The number of nitrogens with zero attached hydrogens (tertiary/aromatic N) is 1. The van der Waals surface area contributed by atoms with E-state index in [1.54, 1.807) is 18.0 Å². The minimum Gasteiger partial charge on any atom is -0.478 e. The Bertz CT molecular complexity index is 544. The zero-order valence-corrected chi connectivity index (χ0v) is 13.7. The first-order valence-corrected chi connectivity index (χ1v) is 7.41. The van der Waals surface area contributed by atoms with E-state index in [1.165, 1.54) is 6.08 Å². The Morgan fingerprint density at radius 1 is 1.43 bits per heavy atom. The first kappa shape index (κ1) is 17.2. The molecular weight excluding hydrogens is 336 g/mol. The van der Waals surface area contributed by atoms with E-state index in [-0.39, 0.29) is 12.5 Å². The summed E-state index contributed by atoms with van der Waals surface area (Å²) in [7, 11) is 1.80. The molecule has 0 aromatic heterocycles. The number of carbonyl (C=O) groups excluding carboxylic acids is 1. The SMILES string of the molecule is CCCNC(=O)CN(C)c1cc(Br)ccc1C=CC(=O)O. The number of carboxylic acids is 1. The van der Waals surface area contributed by atoms with Crippen molar-refractivity contribution in [2.75, 3.05) is 25.0 Å². The molecule has 1 amide bonds. The molecule has 0 saturated heterocycles. The molecule has 6 heteroatoms. The number of carboxylic acid groups (broad SMARTS) is 1. The van der Waals surface area contributed by atoms with Crippen LogP contribution in [0, 0.1) is 0 Å². The van der Waals surface area contributed by atoms with Crippen molar-refractivity contribution < 1.29 is 14.7 Å². The second-order valence-corrected chi connectivity index (χ2v) is 5.50. The molecule has 1 rings (SSSR count). The van der Waals surface area contributed by atoms with E-state index in [0.29, 0.717) is 6.54 Å². The van der Waals surface area contributed by atoms with Gasteiger partial charge in [0, 0.05) is 29.8 Å². The highest BCUT2D eigenvalue weighted by molar-refractivity contribution is 9.10. The number of likely N-dealkylation sites (N-methyl/N-ethyl adjacent to an activating group) is 1. The van der Waals surface area contributed by atoms with Crippen LogP contribution < -0.4 is 10.2 Å². The number of anilines is 1. The molecule has 0 heterocycles. The molecular formula is C15H19BrN2O3. The van der Waals surface area contributed by atoms with Gasteiger partial charge in [-0.3, -0.25) is 4.79 Å². The summed E-state index contributed by atoms with van der Waals surface area (Å²) < 4.78 is 0.866. The van der Waals surface area contributed by atoms with E-state index in [4.69, 9.17) is 5.11 Å². The Hall–Kier alpha value is -1.82. The molecule has 0 spiro atoms. The average molecular weight is 355 g/mol. The molecule has 0 fully saturated rings. The molecule has 0 aliphatic carbocycles. The van der Waals surface area contributed by atoms with Crippen LogP contribution >= 0.6 is 15.9 Å². The number of nitrogens with one attached hydrogen (secondary N) is 1. The highest BCUT2D eigenvalue weighted by atomic mass is 79.9. The van der Waals surface area contributed by atoms with Crippen LogP contribution in [-0.4, -0.2) is 37.1 Å². The van der Waals surface area contributed by atoms with Gasteiger partial charge in [-0.05, 0) is 30.2 Å². The summed E-state index contributed by atoms with van der Waals surface area (Å²) in [5, 5.41) is 11.5. The zero-order valence-electron chi connectivity index (χ0n) is 12.1. The quantitative estimate of drug-likeness (QED) is 0.738.